The first-order chi connectivity index (χ1) is 17.8. The third-order valence-corrected chi connectivity index (χ3v) is 7.62. The van der Waals surface area contributed by atoms with Crippen molar-refractivity contribution in [1.82, 2.24) is 4.90 Å². The maximum absolute atomic E-state index is 14.9. The van der Waals surface area contributed by atoms with E-state index in [4.69, 9.17) is 9.47 Å². The van der Waals surface area contributed by atoms with E-state index < -0.39 is 0 Å². The number of benzene rings is 3. The van der Waals surface area contributed by atoms with Gasteiger partial charge < -0.3 is 19.3 Å². The van der Waals surface area contributed by atoms with Gasteiger partial charge >= 0.3 is 0 Å². The predicted octanol–water partition coefficient (Wildman–Crippen LogP) is 7.03. The summed E-state index contributed by atoms with van der Waals surface area (Å²) in [5.74, 6) is 2.35. The highest BCUT2D eigenvalue weighted by molar-refractivity contribution is 5.85. The van der Waals surface area contributed by atoms with Crippen molar-refractivity contribution >= 4 is 29.5 Å². The molecule has 0 N–H and O–H groups in total. The van der Waals surface area contributed by atoms with E-state index in [1.807, 2.05) is 30.3 Å². The van der Waals surface area contributed by atoms with E-state index in [0.29, 0.717) is 11.4 Å². The fourth-order valence-electron chi connectivity index (χ4n) is 5.75. The van der Waals surface area contributed by atoms with Crippen molar-refractivity contribution < 1.29 is 13.9 Å². The van der Waals surface area contributed by atoms with Crippen LogP contribution in [0.1, 0.15) is 32.1 Å². The number of rotatable bonds is 7. The molecule has 7 heteroatoms. The Labute approximate surface area is 225 Å². The number of nitrogens with zero attached hydrogens (tertiary/aromatic N) is 3. The molecule has 2 heterocycles. The highest BCUT2D eigenvalue weighted by Crippen LogP contribution is 2.46. The molecule has 6 rings (SSSR count). The van der Waals surface area contributed by atoms with Crippen molar-refractivity contribution in [3.63, 3.8) is 0 Å². The Hall–Kier alpha value is -2.96. The molecule has 1 aliphatic carbocycles. The zero-order valence-electron chi connectivity index (χ0n) is 21.2. The molecule has 0 aromatic heterocycles. The van der Waals surface area contributed by atoms with Gasteiger partial charge in [-0.15, -0.1) is 12.4 Å². The van der Waals surface area contributed by atoms with Gasteiger partial charge in [0.25, 0.3) is 0 Å². The highest BCUT2D eigenvalue weighted by atomic mass is 35.5. The van der Waals surface area contributed by atoms with Crippen LogP contribution in [-0.2, 0) is 0 Å². The van der Waals surface area contributed by atoms with Crippen LogP contribution in [0.2, 0.25) is 0 Å². The number of ether oxygens (including phenoxy) is 2. The molecule has 3 aliphatic rings. The Morgan fingerprint density at radius 2 is 1.43 bits per heavy atom. The van der Waals surface area contributed by atoms with Gasteiger partial charge in [-0.2, -0.15) is 0 Å². The monoisotopic (exact) mass is 523 g/mol. The molecular formula is C30H35ClFN3O2. The van der Waals surface area contributed by atoms with Crippen LogP contribution in [0.4, 0.5) is 21.5 Å². The average Bonchev–Trinajstić information content (AvgIpc) is 3.42. The molecule has 2 fully saturated rings. The average molecular weight is 524 g/mol. The number of piperazine rings is 1. The number of hydrogen-bond acceptors (Lipinski definition) is 5. The molecule has 37 heavy (non-hydrogen) atoms. The summed E-state index contributed by atoms with van der Waals surface area (Å²) in [6.07, 6.45) is 5.81. The molecule has 3 aromatic rings. The molecule has 0 atom stereocenters. The molecule has 0 amide bonds. The van der Waals surface area contributed by atoms with E-state index in [1.54, 1.807) is 12.1 Å². The van der Waals surface area contributed by atoms with Gasteiger partial charge in [0, 0.05) is 32.7 Å². The van der Waals surface area contributed by atoms with Gasteiger partial charge in [-0.3, -0.25) is 4.90 Å². The van der Waals surface area contributed by atoms with Crippen molar-refractivity contribution in [3.8, 4) is 17.2 Å². The molecule has 0 radical (unpaired) electrons. The van der Waals surface area contributed by atoms with Crippen molar-refractivity contribution in [2.24, 2.45) is 0 Å². The summed E-state index contributed by atoms with van der Waals surface area (Å²) in [6, 6.07) is 21.7. The Morgan fingerprint density at radius 3 is 2.11 bits per heavy atom. The minimum atomic E-state index is -0.177. The first-order valence-corrected chi connectivity index (χ1v) is 13.3. The lowest BCUT2D eigenvalue weighted by Crippen LogP contribution is -2.47. The molecule has 3 aromatic carbocycles. The molecule has 1 saturated heterocycles. The van der Waals surface area contributed by atoms with E-state index in [0.717, 1.165) is 81.4 Å². The molecule has 1 saturated carbocycles. The largest absolute Gasteiger partial charge is 0.488 e. The summed E-state index contributed by atoms with van der Waals surface area (Å²) in [6.45, 7) is 5.40. The van der Waals surface area contributed by atoms with Crippen molar-refractivity contribution in [2.75, 3.05) is 49.1 Å². The molecule has 0 spiro atoms. The molecule has 0 unspecified atom stereocenters. The van der Waals surface area contributed by atoms with Gasteiger partial charge in [-0.25, -0.2) is 4.39 Å². The maximum atomic E-state index is 14.9. The van der Waals surface area contributed by atoms with Gasteiger partial charge in [0.2, 0.25) is 0 Å². The Morgan fingerprint density at radius 1 is 0.784 bits per heavy atom. The quantitative estimate of drug-likeness (QED) is 0.331. The minimum Gasteiger partial charge on any atom is -0.488 e. The number of halogens is 2. The van der Waals surface area contributed by atoms with E-state index >= 15 is 0 Å². The lowest BCUT2D eigenvalue weighted by Gasteiger charge is -2.38. The normalized spacial score (nSPS) is 17.5. The third-order valence-electron chi connectivity index (χ3n) is 7.62. The number of fused-ring (bicyclic) bond motifs is 2. The second kappa shape index (κ2) is 11.6. The van der Waals surface area contributed by atoms with E-state index in [9.17, 15) is 4.39 Å². The van der Waals surface area contributed by atoms with Crippen molar-refractivity contribution in [2.45, 2.75) is 38.2 Å². The van der Waals surface area contributed by atoms with Gasteiger partial charge in [0.1, 0.15) is 17.3 Å². The summed E-state index contributed by atoms with van der Waals surface area (Å²) >= 11 is 0. The summed E-state index contributed by atoms with van der Waals surface area (Å²) in [4.78, 5) is 7.04. The van der Waals surface area contributed by atoms with Gasteiger partial charge in [0.15, 0.2) is 11.5 Å². The fourth-order valence-corrected chi connectivity index (χ4v) is 5.75. The molecule has 5 nitrogen and oxygen atoms in total. The number of anilines is 3. The van der Waals surface area contributed by atoms with E-state index in [2.05, 4.69) is 39.0 Å². The topological polar surface area (TPSA) is 28.2 Å². The van der Waals surface area contributed by atoms with Crippen LogP contribution in [0.3, 0.4) is 0 Å². The van der Waals surface area contributed by atoms with E-state index in [-0.39, 0.29) is 24.3 Å². The first kappa shape index (κ1) is 25.7. The predicted molar refractivity (Wildman–Crippen MR) is 150 cm³/mol. The van der Waals surface area contributed by atoms with Crippen molar-refractivity contribution in [1.29, 1.82) is 0 Å². The van der Waals surface area contributed by atoms with Gasteiger partial charge in [-0.05, 0) is 75.0 Å². The molecule has 196 valence electrons. The third kappa shape index (κ3) is 5.51. The minimum absolute atomic E-state index is 0. The van der Waals surface area contributed by atoms with Crippen LogP contribution in [0.25, 0.3) is 0 Å². The van der Waals surface area contributed by atoms with Gasteiger partial charge in [0.05, 0.1) is 17.5 Å². The second-order valence-electron chi connectivity index (χ2n) is 9.98. The SMILES string of the molecule is Cl.Fc1cccc(OC2CCCC2)c1N1CCN(CCCN2c3ccccc3Oc3ccccc32)CC1. The first-order valence-electron chi connectivity index (χ1n) is 13.3. The highest BCUT2D eigenvalue weighted by Gasteiger charge is 2.26. The lowest BCUT2D eigenvalue weighted by atomic mass is 10.1. The summed E-state index contributed by atoms with van der Waals surface area (Å²) < 4.78 is 27.3. The van der Waals surface area contributed by atoms with Gasteiger partial charge in [-0.1, -0.05) is 30.3 Å². The zero-order valence-corrected chi connectivity index (χ0v) is 22.0. The summed E-state index contributed by atoms with van der Waals surface area (Å²) in [7, 11) is 0. The standard InChI is InChI=1S/C30H34FN3O2.ClH/c31-24-11-7-16-29(35-23-9-1-2-10-23)30(24)33-21-19-32(20-22-33)17-8-18-34-25-12-3-5-14-27(25)36-28-15-6-4-13-26(28)34;/h3-7,11-16,23H,1-2,8-10,17-22H2;1H. The fraction of sp³-hybridized carbons (Fsp3) is 0.400. The molecule has 2 aliphatic heterocycles. The van der Waals surface area contributed by atoms with Crippen LogP contribution in [0, 0.1) is 5.82 Å². The van der Waals surface area contributed by atoms with E-state index in [1.165, 1.54) is 12.8 Å². The summed E-state index contributed by atoms with van der Waals surface area (Å²) in [5, 5.41) is 0. The Bertz CT molecular complexity index is 1150. The smallest absolute Gasteiger partial charge is 0.151 e. The van der Waals surface area contributed by atoms with Crippen molar-refractivity contribution in [3.05, 3.63) is 72.5 Å². The lowest BCUT2D eigenvalue weighted by molar-refractivity contribution is 0.208. The number of para-hydroxylation sites is 5. The second-order valence-corrected chi connectivity index (χ2v) is 9.98. The van der Waals surface area contributed by atoms with Crippen LogP contribution in [0.5, 0.6) is 17.2 Å². The summed E-state index contributed by atoms with van der Waals surface area (Å²) in [5.41, 5.74) is 2.89. The van der Waals surface area contributed by atoms with Crippen LogP contribution in [-0.4, -0.2) is 50.3 Å². The zero-order chi connectivity index (χ0) is 24.3. The molecule has 0 bridgehead atoms. The maximum Gasteiger partial charge on any atom is 0.151 e. The van der Waals surface area contributed by atoms with Crippen LogP contribution in [0.15, 0.2) is 66.7 Å². The van der Waals surface area contributed by atoms with Crippen LogP contribution < -0.4 is 19.3 Å². The van der Waals surface area contributed by atoms with Crippen LogP contribution >= 0.6 is 12.4 Å². The number of hydrogen-bond donors (Lipinski definition) is 0. The Balaban J connectivity index is 0.00000280. The molecular weight excluding hydrogens is 489 g/mol. The Kier molecular flexibility index (Phi) is 8.06.